The molecule has 0 aromatic carbocycles. The second kappa shape index (κ2) is 20.4. The quantitative estimate of drug-likeness (QED) is 0.144. The molecule has 0 spiro atoms. The Morgan fingerprint density at radius 1 is 0.643 bits per heavy atom. The maximum absolute atomic E-state index is 12.5. The first-order valence-electron chi connectivity index (χ1n) is 11.8. The van der Waals surface area contributed by atoms with Crippen LogP contribution in [0.5, 0.6) is 0 Å². The van der Waals surface area contributed by atoms with Gasteiger partial charge in [0.1, 0.15) is 0 Å². The molecular formula is C24H45NO3. The van der Waals surface area contributed by atoms with Crippen molar-refractivity contribution in [2.45, 2.75) is 111 Å². The molecule has 1 amide bonds. The first-order valence-corrected chi connectivity index (χ1v) is 11.8. The van der Waals surface area contributed by atoms with E-state index < -0.39 is 5.97 Å². The van der Waals surface area contributed by atoms with Gasteiger partial charge in [-0.05, 0) is 19.3 Å². The molecule has 4 heteroatoms. The van der Waals surface area contributed by atoms with Crippen LogP contribution >= 0.6 is 0 Å². The standard InChI is InChI=1S/C24H45NO3/c1-4-7-10-13-14-17-22-28-24(27)19-18-23(26)25(20-15-11-8-5-2)21-16-12-9-6-3/h18-19H,4-17,20-22H2,1-3H3/b19-18+. The van der Waals surface area contributed by atoms with E-state index in [0.717, 1.165) is 51.6 Å². The minimum absolute atomic E-state index is 0.0653. The van der Waals surface area contributed by atoms with Gasteiger partial charge >= 0.3 is 5.97 Å². The van der Waals surface area contributed by atoms with Gasteiger partial charge in [0, 0.05) is 25.2 Å². The average Bonchev–Trinajstić information content (AvgIpc) is 2.70. The van der Waals surface area contributed by atoms with Gasteiger partial charge in [-0.2, -0.15) is 0 Å². The van der Waals surface area contributed by atoms with Crippen LogP contribution in [0.3, 0.4) is 0 Å². The number of esters is 1. The monoisotopic (exact) mass is 395 g/mol. The predicted molar refractivity (Wildman–Crippen MR) is 118 cm³/mol. The Kier molecular flexibility index (Phi) is 19.5. The fourth-order valence-corrected chi connectivity index (χ4v) is 3.14. The van der Waals surface area contributed by atoms with E-state index in [2.05, 4.69) is 20.8 Å². The van der Waals surface area contributed by atoms with Crippen LogP contribution in [0.1, 0.15) is 111 Å². The molecule has 0 atom stereocenters. The summed E-state index contributed by atoms with van der Waals surface area (Å²) in [7, 11) is 0. The zero-order valence-electron chi connectivity index (χ0n) is 18.8. The summed E-state index contributed by atoms with van der Waals surface area (Å²) in [6.07, 6.45) is 18.8. The van der Waals surface area contributed by atoms with Crippen LogP contribution in [0.15, 0.2) is 12.2 Å². The first kappa shape index (κ1) is 26.7. The zero-order valence-corrected chi connectivity index (χ0v) is 18.8. The fourth-order valence-electron chi connectivity index (χ4n) is 3.14. The lowest BCUT2D eigenvalue weighted by molar-refractivity contribution is -0.138. The summed E-state index contributed by atoms with van der Waals surface area (Å²) in [5.74, 6) is -0.469. The third-order valence-electron chi connectivity index (χ3n) is 4.98. The predicted octanol–water partition coefficient (Wildman–Crippen LogP) is 6.44. The Morgan fingerprint density at radius 2 is 1.11 bits per heavy atom. The summed E-state index contributed by atoms with van der Waals surface area (Å²) in [4.78, 5) is 26.2. The second-order valence-corrected chi connectivity index (χ2v) is 7.72. The molecule has 0 aromatic heterocycles. The molecule has 4 nitrogen and oxygen atoms in total. The van der Waals surface area contributed by atoms with Crippen molar-refractivity contribution in [3.8, 4) is 0 Å². The molecule has 0 aliphatic heterocycles. The summed E-state index contributed by atoms with van der Waals surface area (Å²) in [6.45, 7) is 8.58. The maximum Gasteiger partial charge on any atom is 0.330 e. The molecule has 0 bridgehead atoms. The van der Waals surface area contributed by atoms with Gasteiger partial charge in [-0.1, -0.05) is 91.4 Å². The first-order chi connectivity index (χ1) is 13.7. The third kappa shape index (κ3) is 16.8. The van der Waals surface area contributed by atoms with Crippen molar-refractivity contribution in [1.29, 1.82) is 0 Å². The van der Waals surface area contributed by atoms with Crippen molar-refractivity contribution in [2.75, 3.05) is 19.7 Å². The summed E-state index contributed by atoms with van der Waals surface area (Å²) < 4.78 is 5.21. The number of ether oxygens (including phenoxy) is 1. The molecule has 0 heterocycles. The summed E-state index contributed by atoms with van der Waals surface area (Å²) in [5, 5.41) is 0. The molecular weight excluding hydrogens is 350 g/mol. The van der Waals surface area contributed by atoms with Crippen LogP contribution in [-0.4, -0.2) is 36.5 Å². The summed E-state index contributed by atoms with van der Waals surface area (Å²) in [5.41, 5.74) is 0. The minimum atomic E-state index is -0.404. The topological polar surface area (TPSA) is 46.6 Å². The Bertz CT molecular complexity index is 395. The molecule has 0 aromatic rings. The van der Waals surface area contributed by atoms with E-state index in [9.17, 15) is 9.59 Å². The van der Waals surface area contributed by atoms with Crippen LogP contribution in [0.25, 0.3) is 0 Å². The highest BCUT2D eigenvalue weighted by atomic mass is 16.5. The van der Waals surface area contributed by atoms with Crippen molar-refractivity contribution in [3.63, 3.8) is 0 Å². The molecule has 0 unspecified atom stereocenters. The number of hydrogen-bond acceptors (Lipinski definition) is 3. The molecule has 28 heavy (non-hydrogen) atoms. The number of carbonyl (C=O) groups excluding carboxylic acids is 2. The lowest BCUT2D eigenvalue weighted by Gasteiger charge is -2.21. The maximum atomic E-state index is 12.5. The Balaban J connectivity index is 4.18. The highest BCUT2D eigenvalue weighted by Gasteiger charge is 2.10. The van der Waals surface area contributed by atoms with Gasteiger partial charge in [-0.3, -0.25) is 4.79 Å². The van der Waals surface area contributed by atoms with E-state index in [4.69, 9.17) is 4.74 Å². The van der Waals surface area contributed by atoms with E-state index in [0.29, 0.717) is 6.61 Å². The highest BCUT2D eigenvalue weighted by Crippen LogP contribution is 2.07. The lowest BCUT2D eigenvalue weighted by atomic mass is 10.1. The number of amides is 1. The van der Waals surface area contributed by atoms with Gasteiger partial charge in [0.25, 0.3) is 0 Å². The van der Waals surface area contributed by atoms with Gasteiger partial charge in [0.2, 0.25) is 5.91 Å². The molecule has 0 saturated carbocycles. The second-order valence-electron chi connectivity index (χ2n) is 7.72. The largest absolute Gasteiger partial charge is 0.463 e. The molecule has 164 valence electrons. The van der Waals surface area contributed by atoms with Crippen molar-refractivity contribution < 1.29 is 14.3 Å². The molecule has 0 fully saturated rings. The van der Waals surface area contributed by atoms with Crippen LogP contribution in [0.4, 0.5) is 0 Å². The molecule has 0 radical (unpaired) electrons. The van der Waals surface area contributed by atoms with E-state index in [1.807, 2.05) is 4.90 Å². The van der Waals surface area contributed by atoms with Gasteiger partial charge in [0.15, 0.2) is 0 Å². The lowest BCUT2D eigenvalue weighted by Crippen LogP contribution is -2.31. The Labute approximate surface area is 174 Å². The fraction of sp³-hybridized carbons (Fsp3) is 0.833. The molecule has 0 aliphatic rings. The van der Waals surface area contributed by atoms with Gasteiger partial charge in [-0.15, -0.1) is 0 Å². The molecule has 0 N–H and O–H groups in total. The summed E-state index contributed by atoms with van der Waals surface area (Å²) in [6, 6.07) is 0. The number of unbranched alkanes of at least 4 members (excludes halogenated alkanes) is 11. The normalized spacial score (nSPS) is 11.1. The van der Waals surface area contributed by atoms with Gasteiger partial charge in [-0.25, -0.2) is 4.79 Å². The van der Waals surface area contributed by atoms with Crippen LogP contribution in [-0.2, 0) is 14.3 Å². The number of carbonyl (C=O) groups is 2. The Morgan fingerprint density at radius 3 is 1.64 bits per heavy atom. The van der Waals surface area contributed by atoms with Gasteiger partial charge < -0.3 is 9.64 Å². The number of nitrogens with zero attached hydrogens (tertiary/aromatic N) is 1. The van der Waals surface area contributed by atoms with Crippen molar-refractivity contribution in [3.05, 3.63) is 12.2 Å². The van der Waals surface area contributed by atoms with Crippen LogP contribution in [0.2, 0.25) is 0 Å². The Hall–Kier alpha value is -1.32. The number of rotatable bonds is 19. The van der Waals surface area contributed by atoms with Crippen molar-refractivity contribution in [1.82, 2.24) is 4.90 Å². The summed E-state index contributed by atoms with van der Waals surface area (Å²) >= 11 is 0. The van der Waals surface area contributed by atoms with E-state index >= 15 is 0 Å². The van der Waals surface area contributed by atoms with E-state index in [1.54, 1.807) is 0 Å². The average molecular weight is 396 g/mol. The zero-order chi connectivity index (χ0) is 20.9. The minimum Gasteiger partial charge on any atom is -0.463 e. The van der Waals surface area contributed by atoms with E-state index in [1.165, 1.54) is 63.5 Å². The van der Waals surface area contributed by atoms with Gasteiger partial charge in [0.05, 0.1) is 6.61 Å². The third-order valence-corrected chi connectivity index (χ3v) is 4.98. The number of hydrogen-bond donors (Lipinski definition) is 0. The van der Waals surface area contributed by atoms with Crippen molar-refractivity contribution >= 4 is 11.9 Å². The van der Waals surface area contributed by atoms with Crippen molar-refractivity contribution in [2.24, 2.45) is 0 Å². The SMILES string of the molecule is CCCCCCCCOC(=O)/C=C/C(=O)N(CCCCCC)CCCCCC. The van der Waals surface area contributed by atoms with E-state index in [-0.39, 0.29) is 5.91 Å². The smallest absolute Gasteiger partial charge is 0.330 e. The molecule has 0 rings (SSSR count). The van der Waals surface area contributed by atoms with Crippen LogP contribution in [0, 0.1) is 0 Å². The van der Waals surface area contributed by atoms with Crippen LogP contribution < -0.4 is 0 Å². The highest BCUT2D eigenvalue weighted by molar-refractivity contribution is 5.94. The molecule has 0 saturated heterocycles. The molecule has 0 aliphatic carbocycles.